The summed E-state index contributed by atoms with van der Waals surface area (Å²) in [6.45, 7) is 4.03. The van der Waals surface area contributed by atoms with E-state index < -0.39 is 0 Å². The number of benzene rings is 1. The second-order valence-electron chi connectivity index (χ2n) is 6.23. The Labute approximate surface area is 162 Å². The fourth-order valence-electron chi connectivity index (χ4n) is 2.46. The molecule has 6 nitrogen and oxygen atoms in total. The molecule has 0 aliphatic heterocycles. The number of hydrogen-bond acceptors (Lipinski definition) is 4. The van der Waals surface area contributed by atoms with Crippen LogP contribution in [-0.4, -0.2) is 41.8 Å². The van der Waals surface area contributed by atoms with Crippen molar-refractivity contribution >= 4 is 33.6 Å². The van der Waals surface area contributed by atoms with Crippen LogP contribution in [0.25, 0.3) is 0 Å². The van der Waals surface area contributed by atoms with Crippen LogP contribution in [0.3, 0.4) is 0 Å². The molecule has 0 bridgehead atoms. The number of aryl methyl sites for hydroxylation is 1. The number of carbonyl (C=O) groups is 2. The first kappa shape index (κ1) is 20.1. The van der Waals surface area contributed by atoms with Gasteiger partial charge in [0, 0.05) is 10.2 Å². The quantitative estimate of drug-likeness (QED) is 0.724. The summed E-state index contributed by atoms with van der Waals surface area (Å²) < 4.78 is 0.994. The lowest BCUT2D eigenvalue weighted by Gasteiger charge is -2.19. The topological polar surface area (TPSA) is 74.3 Å². The number of hydrogen-bond donors (Lipinski definition) is 2. The van der Waals surface area contributed by atoms with E-state index in [9.17, 15) is 9.59 Å². The summed E-state index contributed by atoms with van der Waals surface area (Å²) >= 11 is 3.39. The fourth-order valence-corrected chi connectivity index (χ4v) is 2.73. The van der Waals surface area contributed by atoms with E-state index in [4.69, 9.17) is 0 Å². The zero-order chi connectivity index (χ0) is 19.1. The van der Waals surface area contributed by atoms with Crippen LogP contribution in [0.15, 0.2) is 46.9 Å². The Kier molecular flexibility index (Phi) is 7.29. The number of nitrogens with one attached hydrogen (secondary N) is 2. The van der Waals surface area contributed by atoms with Gasteiger partial charge in [0.15, 0.2) is 0 Å². The van der Waals surface area contributed by atoms with Gasteiger partial charge in [0.05, 0.1) is 19.1 Å². The predicted octanol–water partition coefficient (Wildman–Crippen LogP) is 2.90. The van der Waals surface area contributed by atoms with Crippen LogP contribution in [0.2, 0.25) is 0 Å². The largest absolute Gasteiger partial charge is 0.348 e. The molecule has 7 heteroatoms. The third-order valence-corrected chi connectivity index (χ3v) is 4.26. The molecule has 1 unspecified atom stereocenters. The highest BCUT2D eigenvalue weighted by Crippen LogP contribution is 2.16. The Morgan fingerprint density at radius 2 is 1.77 bits per heavy atom. The first-order valence-electron chi connectivity index (χ1n) is 8.30. The van der Waals surface area contributed by atoms with Crippen molar-refractivity contribution in [3.63, 3.8) is 0 Å². The van der Waals surface area contributed by atoms with Gasteiger partial charge >= 0.3 is 0 Å². The van der Waals surface area contributed by atoms with E-state index >= 15 is 0 Å². The van der Waals surface area contributed by atoms with Gasteiger partial charge in [-0.15, -0.1) is 0 Å². The molecule has 0 radical (unpaired) electrons. The van der Waals surface area contributed by atoms with Crippen LogP contribution in [0.1, 0.15) is 24.2 Å². The molecular formula is C19H23BrN4O2. The molecular weight excluding hydrogens is 396 g/mol. The summed E-state index contributed by atoms with van der Waals surface area (Å²) in [5, 5.41) is 5.67. The van der Waals surface area contributed by atoms with Crippen molar-refractivity contribution < 1.29 is 9.59 Å². The zero-order valence-corrected chi connectivity index (χ0v) is 16.7. The minimum Gasteiger partial charge on any atom is -0.348 e. The van der Waals surface area contributed by atoms with E-state index in [0.717, 1.165) is 15.7 Å². The molecule has 2 amide bonds. The molecule has 138 valence electrons. The number of halogens is 1. The molecule has 0 aliphatic rings. The SMILES string of the molecule is Cc1cccc(NC(=O)CN(C)CC(=O)NC(C)c2ccc(Br)cc2)n1. The van der Waals surface area contributed by atoms with Crippen LogP contribution in [-0.2, 0) is 9.59 Å². The number of pyridine rings is 1. The van der Waals surface area contributed by atoms with Crippen LogP contribution in [0.5, 0.6) is 0 Å². The van der Waals surface area contributed by atoms with E-state index in [0.29, 0.717) is 5.82 Å². The fraction of sp³-hybridized carbons (Fsp3) is 0.316. The number of amides is 2. The average molecular weight is 419 g/mol. The molecule has 0 spiro atoms. The molecule has 2 N–H and O–H groups in total. The number of nitrogens with zero attached hydrogens (tertiary/aromatic N) is 2. The molecule has 1 aromatic carbocycles. The lowest BCUT2D eigenvalue weighted by Crippen LogP contribution is -2.39. The summed E-state index contributed by atoms with van der Waals surface area (Å²) in [6.07, 6.45) is 0. The highest BCUT2D eigenvalue weighted by atomic mass is 79.9. The minimum atomic E-state index is -0.209. The van der Waals surface area contributed by atoms with E-state index in [-0.39, 0.29) is 30.9 Å². The molecule has 0 fully saturated rings. The molecule has 2 rings (SSSR count). The van der Waals surface area contributed by atoms with Gasteiger partial charge in [-0.3, -0.25) is 14.5 Å². The highest BCUT2D eigenvalue weighted by Gasteiger charge is 2.14. The van der Waals surface area contributed by atoms with Gasteiger partial charge in [0.2, 0.25) is 11.8 Å². The molecule has 0 aliphatic carbocycles. The van der Waals surface area contributed by atoms with Crippen LogP contribution in [0.4, 0.5) is 5.82 Å². The van der Waals surface area contributed by atoms with Crippen molar-refractivity contribution in [1.82, 2.24) is 15.2 Å². The monoisotopic (exact) mass is 418 g/mol. The van der Waals surface area contributed by atoms with Gasteiger partial charge in [0.25, 0.3) is 0 Å². The maximum Gasteiger partial charge on any atom is 0.239 e. The van der Waals surface area contributed by atoms with E-state index in [1.165, 1.54) is 0 Å². The first-order valence-corrected chi connectivity index (χ1v) is 9.09. The maximum atomic E-state index is 12.2. The van der Waals surface area contributed by atoms with Crippen LogP contribution < -0.4 is 10.6 Å². The van der Waals surface area contributed by atoms with Crippen molar-refractivity contribution in [3.8, 4) is 0 Å². The minimum absolute atomic E-state index is 0.102. The Morgan fingerprint density at radius 1 is 1.12 bits per heavy atom. The van der Waals surface area contributed by atoms with Gasteiger partial charge in [0.1, 0.15) is 5.82 Å². The molecule has 2 aromatic rings. The van der Waals surface area contributed by atoms with Gasteiger partial charge in [-0.05, 0) is 50.7 Å². The Bertz CT molecular complexity index is 764. The summed E-state index contributed by atoms with van der Waals surface area (Å²) in [5.41, 5.74) is 1.85. The van der Waals surface area contributed by atoms with Gasteiger partial charge in [-0.1, -0.05) is 34.1 Å². The van der Waals surface area contributed by atoms with Crippen molar-refractivity contribution in [2.24, 2.45) is 0 Å². The van der Waals surface area contributed by atoms with E-state index in [2.05, 4.69) is 31.5 Å². The molecule has 1 heterocycles. The number of aromatic nitrogens is 1. The Balaban J connectivity index is 1.79. The van der Waals surface area contributed by atoms with Crippen LogP contribution in [0, 0.1) is 6.92 Å². The van der Waals surface area contributed by atoms with Gasteiger partial charge in [-0.2, -0.15) is 0 Å². The van der Waals surface area contributed by atoms with Crippen molar-refractivity contribution in [3.05, 3.63) is 58.2 Å². The van der Waals surface area contributed by atoms with E-state index in [1.54, 1.807) is 18.0 Å². The number of anilines is 1. The number of rotatable bonds is 7. The highest BCUT2D eigenvalue weighted by molar-refractivity contribution is 9.10. The third-order valence-electron chi connectivity index (χ3n) is 3.73. The first-order chi connectivity index (χ1) is 12.3. The van der Waals surface area contributed by atoms with Crippen LogP contribution >= 0.6 is 15.9 Å². The van der Waals surface area contributed by atoms with Gasteiger partial charge in [-0.25, -0.2) is 4.98 Å². The van der Waals surface area contributed by atoms with E-state index in [1.807, 2.05) is 50.2 Å². The van der Waals surface area contributed by atoms with Crippen molar-refractivity contribution in [1.29, 1.82) is 0 Å². The van der Waals surface area contributed by atoms with Crippen molar-refractivity contribution in [2.75, 3.05) is 25.5 Å². The molecule has 1 atom stereocenters. The third kappa shape index (κ3) is 6.57. The lowest BCUT2D eigenvalue weighted by atomic mass is 10.1. The lowest BCUT2D eigenvalue weighted by molar-refractivity contribution is -0.123. The second kappa shape index (κ2) is 9.45. The summed E-state index contributed by atoms with van der Waals surface area (Å²) in [5.74, 6) is 0.167. The summed E-state index contributed by atoms with van der Waals surface area (Å²) in [7, 11) is 1.73. The number of carbonyl (C=O) groups excluding carboxylic acids is 2. The predicted molar refractivity (Wildman–Crippen MR) is 106 cm³/mol. The number of likely N-dealkylation sites (N-methyl/N-ethyl adjacent to an activating group) is 1. The van der Waals surface area contributed by atoms with Crippen molar-refractivity contribution in [2.45, 2.75) is 19.9 Å². The second-order valence-corrected chi connectivity index (χ2v) is 7.14. The molecule has 0 saturated carbocycles. The average Bonchev–Trinajstić information content (AvgIpc) is 2.54. The maximum absolute atomic E-state index is 12.2. The standard InChI is InChI=1S/C19H23BrN4O2/c1-13-5-4-6-17(21-13)23-19(26)12-24(3)11-18(25)22-14(2)15-7-9-16(20)10-8-15/h4-10,14H,11-12H2,1-3H3,(H,22,25)(H,21,23,26). The Hall–Kier alpha value is -2.25. The Morgan fingerprint density at radius 3 is 2.42 bits per heavy atom. The smallest absolute Gasteiger partial charge is 0.239 e. The molecule has 1 aromatic heterocycles. The summed E-state index contributed by atoms with van der Waals surface area (Å²) in [6, 6.07) is 13.1. The normalized spacial score (nSPS) is 11.9. The van der Waals surface area contributed by atoms with Gasteiger partial charge < -0.3 is 10.6 Å². The molecule has 26 heavy (non-hydrogen) atoms. The molecule has 0 saturated heterocycles. The zero-order valence-electron chi connectivity index (χ0n) is 15.1. The summed E-state index contributed by atoms with van der Waals surface area (Å²) in [4.78, 5) is 30.1.